The first kappa shape index (κ1) is 26.3. The molecule has 0 atom stereocenters. The molecule has 2 saturated heterocycles. The van der Waals surface area contributed by atoms with Crippen LogP contribution in [-0.2, 0) is 14.8 Å². The number of morpholine rings is 1. The van der Waals surface area contributed by atoms with Crippen LogP contribution >= 0.6 is 0 Å². The molecular formula is C28H34N6O3S. The van der Waals surface area contributed by atoms with Crippen molar-refractivity contribution in [3.8, 4) is 11.1 Å². The number of nitrogens with zero attached hydrogens (tertiary/aromatic N) is 5. The third-order valence-electron chi connectivity index (χ3n) is 7.13. The summed E-state index contributed by atoms with van der Waals surface area (Å²) in [6.45, 7) is 9.08. The van der Waals surface area contributed by atoms with Gasteiger partial charge in [0.25, 0.3) is 10.0 Å². The summed E-state index contributed by atoms with van der Waals surface area (Å²) in [5, 5.41) is 0. The third-order valence-corrected chi connectivity index (χ3v) is 8.63. The third kappa shape index (κ3) is 5.87. The van der Waals surface area contributed by atoms with Crippen molar-refractivity contribution in [2.24, 2.45) is 0 Å². The van der Waals surface area contributed by atoms with E-state index in [1.165, 1.54) is 6.20 Å². The van der Waals surface area contributed by atoms with E-state index in [2.05, 4.69) is 24.5 Å². The van der Waals surface area contributed by atoms with Crippen molar-refractivity contribution < 1.29 is 13.2 Å². The highest BCUT2D eigenvalue weighted by Gasteiger charge is 2.26. The number of hydrogen-bond donors (Lipinski definition) is 1. The van der Waals surface area contributed by atoms with E-state index < -0.39 is 10.0 Å². The van der Waals surface area contributed by atoms with Gasteiger partial charge in [0.05, 0.1) is 47.2 Å². The fourth-order valence-electron chi connectivity index (χ4n) is 5.11. The minimum atomic E-state index is -3.70. The van der Waals surface area contributed by atoms with Crippen LogP contribution in [-0.4, -0.2) is 73.7 Å². The van der Waals surface area contributed by atoms with Gasteiger partial charge in [0.15, 0.2) is 0 Å². The summed E-state index contributed by atoms with van der Waals surface area (Å²) >= 11 is 0. The fraction of sp³-hybridized carbons (Fsp3) is 0.393. The standard InChI is InChI=1S/C28H34N6O3S/c1-3-5-25(4-2)38(35,36)32-23-16-22(18-29-19-23)21-6-7-26-27(17-21)31-28(20-30-26)34-10-8-24(9-11-34)33-12-14-37-15-13-33/h3-7,16-20,24,32H,8-15H2,1-2H3. The number of sulfonamides is 1. The normalized spacial score (nSPS) is 18.4. The number of pyridine rings is 1. The lowest BCUT2D eigenvalue weighted by Crippen LogP contribution is -2.49. The van der Waals surface area contributed by atoms with E-state index in [4.69, 9.17) is 9.72 Å². The summed E-state index contributed by atoms with van der Waals surface area (Å²) in [4.78, 5) is 19.0. The molecule has 0 aliphatic carbocycles. The molecule has 2 aliphatic heterocycles. The van der Waals surface area contributed by atoms with Gasteiger partial charge >= 0.3 is 0 Å². The SMILES string of the molecule is CC=CC(=CC)S(=O)(=O)Nc1cncc(-c2ccc3ncc(N4CCC(N5CCOCC5)CC4)nc3c2)c1. The van der Waals surface area contributed by atoms with Gasteiger partial charge in [-0.25, -0.2) is 13.4 Å². The number of hydrogen-bond acceptors (Lipinski definition) is 8. The number of aromatic nitrogens is 3. The Hall–Kier alpha value is -3.34. The Morgan fingerprint density at radius 2 is 1.79 bits per heavy atom. The zero-order chi connectivity index (χ0) is 26.5. The summed E-state index contributed by atoms with van der Waals surface area (Å²) in [5.41, 5.74) is 3.69. The molecule has 4 heterocycles. The smallest absolute Gasteiger partial charge is 0.261 e. The molecule has 3 aromatic rings. The zero-order valence-corrected chi connectivity index (χ0v) is 22.7. The number of allylic oxidation sites excluding steroid dienone is 3. The molecule has 0 unspecified atom stereocenters. The van der Waals surface area contributed by atoms with Gasteiger partial charge in [-0.15, -0.1) is 0 Å². The van der Waals surface area contributed by atoms with E-state index >= 15 is 0 Å². The topological polar surface area (TPSA) is 101 Å². The number of rotatable bonds is 7. The summed E-state index contributed by atoms with van der Waals surface area (Å²) in [5.74, 6) is 0.887. The molecule has 1 N–H and O–H groups in total. The molecule has 0 spiro atoms. The minimum Gasteiger partial charge on any atom is -0.379 e. The lowest BCUT2D eigenvalue weighted by molar-refractivity contribution is 0.0115. The Morgan fingerprint density at radius 1 is 1.00 bits per heavy atom. The van der Waals surface area contributed by atoms with Crippen molar-refractivity contribution in [3.05, 3.63) is 66.0 Å². The van der Waals surface area contributed by atoms with E-state index in [1.54, 1.807) is 44.3 Å². The monoisotopic (exact) mass is 534 g/mol. The number of fused-ring (bicyclic) bond motifs is 1. The lowest BCUT2D eigenvalue weighted by atomic mass is 10.0. The van der Waals surface area contributed by atoms with E-state index in [0.29, 0.717) is 11.7 Å². The van der Waals surface area contributed by atoms with E-state index in [9.17, 15) is 8.42 Å². The molecule has 9 nitrogen and oxygen atoms in total. The van der Waals surface area contributed by atoms with Gasteiger partial charge in [-0.3, -0.25) is 19.6 Å². The van der Waals surface area contributed by atoms with Crippen molar-refractivity contribution in [2.75, 3.05) is 49.0 Å². The number of anilines is 2. The first-order chi connectivity index (χ1) is 18.5. The highest BCUT2D eigenvalue weighted by atomic mass is 32.2. The molecule has 0 radical (unpaired) electrons. The molecule has 5 rings (SSSR count). The fourth-order valence-corrected chi connectivity index (χ4v) is 6.27. The van der Waals surface area contributed by atoms with Crippen LogP contribution in [0.4, 0.5) is 11.5 Å². The van der Waals surface area contributed by atoms with E-state index in [1.807, 2.05) is 24.4 Å². The van der Waals surface area contributed by atoms with Crippen LogP contribution in [0.5, 0.6) is 0 Å². The largest absolute Gasteiger partial charge is 0.379 e. The van der Waals surface area contributed by atoms with Gasteiger partial charge in [0.1, 0.15) is 5.82 Å². The Morgan fingerprint density at radius 3 is 2.53 bits per heavy atom. The molecule has 2 fully saturated rings. The van der Waals surface area contributed by atoms with Crippen molar-refractivity contribution >= 4 is 32.6 Å². The van der Waals surface area contributed by atoms with Gasteiger partial charge in [-0.05, 0) is 56.5 Å². The number of piperidine rings is 1. The Kier molecular flexibility index (Phi) is 8.01. The van der Waals surface area contributed by atoms with Gasteiger partial charge in [0.2, 0.25) is 0 Å². The highest BCUT2D eigenvalue weighted by molar-refractivity contribution is 7.96. The molecule has 38 heavy (non-hydrogen) atoms. The highest BCUT2D eigenvalue weighted by Crippen LogP contribution is 2.28. The molecular weight excluding hydrogens is 500 g/mol. The van der Waals surface area contributed by atoms with Crippen LogP contribution in [0.15, 0.2) is 66.0 Å². The molecule has 0 saturated carbocycles. The van der Waals surface area contributed by atoms with Crippen molar-refractivity contribution in [2.45, 2.75) is 32.7 Å². The predicted octanol–water partition coefficient (Wildman–Crippen LogP) is 4.21. The summed E-state index contributed by atoms with van der Waals surface area (Å²) < 4.78 is 33.6. The Bertz CT molecular complexity index is 1440. The Labute approximate surface area is 224 Å². The zero-order valence-electron chi connectivity index (χ0n) is 21.9. The quantitative estimate of drug-likeness (QED) is 0.450. The van der Waals surface area contributed by atoms with E-state index in [0.717, 1.165) is 80.2 Å². The minimum absolute atomic E-state index is 0.202. The first-order valence-corrected chi connectivity index (χ1v) is 14.6. The van der Waals surface area contributed by atoms with Gasteiger partial charge in [-0.1, -0.05) is 18.2 Å². The van der Waals surface area contributed by atoms with Gasteiger partial charge in [-0.2, -0.15) is 0 Å². The number of nitrogens with one attached hydrogen (secondary N) is 1. The maximum Gasteiger partial charge on any atom is 0.261 e. The molecule has 200 valence electrons. The summed E-state index contributed by atoms with van der Waals surface area (Å²) in [6.07, 6.45) is 12.1. The van der Waals surface area contributed by atoms with Crippen LogP contribution in [0.25, 0.3) is 22.2 Å². The van der Waals surface area contributed by atoms with Crippen molar-refractivity contribution in [1.82, 2.24) is 19.9 Å². The average Bonchev–Trinajstić information content (AvgIpc) is 2.95. The van der Waals surface area contributed by atoms with Crippen LogP contribution in [0.1, 0.15) is 26.7 Å². The van der Waals surface area contributed by atoms with Crippen LogP contribution in [0, 0.1) is 0 Å². The molecule has 0 amide bonds. The Balaban J connectivity index is 1.33. The summed E-state index contributed by atoms with van der Waals surface area (Å²) in [7, 11) is -3.70. The molecule has 2 aliphatic rings. The number of ether oxygens (including phenoxy) is 1. The predicted molar refractivity (Wildman–Crippen MR) is 152 cm³/mol. The second kappa shape index (κ2) is 11.6. The number of benzene rings is 1. The second-order valence-corrected chi connectivity index (χ2v) is 11.2. The lowest BCUT2D eigenvalue weighted by Gasteiger charge is -2.40. The van der Waals surface area contributed by atoms with Gasteiger partial charge < -0.3 is 9.64 Å². The molecule has 1 aromatic carbocycles. The second-order valence-electron chi connectivity index (χ2n) is 9.56. The molecule has 2 aromatic heterocycles. The molecule has 10 heteroatoms. The van der Waals surface area contributed by atoms with Gasteiger partial charge in [0, 0.05) is 44.0 Å². The maximum absolute atomic E-state index is 12.8. The average molecular weight is 535 g/mol. The van der Waals surface area contributed by atoms with Crippen molar-refractivity contribution in [3.63, 3.8) is 0 Å². The van der Waals surface area contributed by atoms with Crippen molar-refractivity contribution in [1.29, 1.82) is 0 Å². The maximum atomic E-state index is 12.8. The summed E-state index contributed by atoms with van der Waals surface area (Å²) in [6, 6.07) is 8.26. The van der Waals surface area contributed by atoms with E-state index in [-0.39, 0.29) is 4.91 Å². The van der Waals surface area contributed by atoms with Crippen LogP contribution in [0.3, 0.4) is 0 Å². The van der Waals surface area contributed by atoms with Crippen LogP contribution < -0.4 is 9.62 Å². The first-order valence-electron chi connectivity index (χ1n) is 13.1. The molecule has 0 bridgehead atoms. The van der Waals surface area contributed by atoms with Crippen LogP contribution in [0.2, 0.25) is 0 Å².